The van der Waals surface area contributed by atoms with Crippen LogP contribution in [-0.4, -0.2) is 44.2 Å². The van der Waals surface area contributed by atoms with Crippen LogP contribution in [0.2, 0.25) is 0 Å². The molecule has 0 aromatic heterocycles. The number of anilines is 1. The molecule has 134 valence electrons. The van der Waals surface area contributed by atoms with Gasteiger partial charge < -0.3 is 15.4 Å². The molecule has 25 heavy (non-hydrogen) atoms. The van der Waals surface area contributed by atoms with E-state index < -0.39 is 0 Å². The molecule has 1 aliphatic heterocycles. The van der Waals surface area contributed by atoms with E-state index in [0.717, 1.165) is 44.8 Å². The minimum Gasteiger partial charge on any atom is -0.494 e. The largest absolute Gasteiger partial charge is 0.494 e. The molecule has 0 saturated carbocycles. The molecule has 1 heterocycles. The molecule has 0 bridgehead atoms. The van der Waals surface area contributed by atoms with Gasteiger partial charge in [-0.15, -0.1) is 0 Å². The number of rotatable bonds is 7. The molecule has 5 heteroatoms. The first kappa shape index (κ1) is 17.7. The van der Waals surface area contributed by atoms with E-state index in [0.29, 0.717) is 6.04 Å². The van der Waals surface area contributed by atoms with Gasteiger partial charge in [-0.2, -0.15) is 0 Å². The summed E-state index contributed by atoms with van der Waals surface area (Å²) < 4.78 is 18.5. The number of benzene rings is 2. The number of ether oxygens (including phenoxy) is 1. The summed E-state index contributed by atoms with van der Waals surface area (Å²) in [6.07, 6.45) is 1.02. The summed E-state index contributed by atoms with van der Waals surface area (Å²) in [5.74, 6) is -0.0617. The van der Waals surface area contributed by atoms with Gasteiger partial charge in [0.05, 0.1) is 7.11 Å². The van der Waals surface area contributed by atoms with Crippen molar-refractivity contribution in [2.75, 3.05) is 38.6 Å². The van der Waals surface area contributed by atoms with E-state index in [1.807, 2.05) is 0 Å². The SMILES string of the molecule is COc1cc(NCCC2CN(Cc3ccccc3)CCN2)ccc1F. The Bertz CT molecular complexity index is 665. The van der Waals surface area contributed by atoms with Gasteiger partial charge in [0.15, 0.2) is 11.6 Å². The fourth-order valence-electron chi connectivity index (χ4n) is 3.23. The van der Waals surface area contributed by atoms with Gasteiger partial charge in [0.25, 0.3) is 0 Å². The lowest BCUT2D eigenvalue weighted by atomic mass is 10.1. The van der Waals surface area contributed by atoms with Crippen LogP contribution in [0, 0.1) is 5.82 Å². The second-order valence-electron chi connectivity index (χ2n) is 6.44. The molecule has 1 aliphatic rings. The molecule has 1 atom stereocenters. The molecule has 3 rings (SSSR count). The molecule has 1 unspecified atom stereocenters. The van der Waals surface area contributed by atoms with Gasteiger partial charge >= 0.3 is 0 Å². The van der Waals surface area contributed by atoms with Gasteiger partial charge in [0.2, 0.25) is 0 Å². The van der Waals surface area contributed by atoms with Crippen LogP contribution in [0.15, 0.2) is 48.5 Å². The van der Waals surface area contributed by atoms with Gasteiger partial charge in [0.1, 0.15) is 0 Å². The number of hydrogen-bond donors (Lipinski definition) is 2. The van der Waals surface area contributed by atoms with Crippen LogP contribution in [0.3, 0.4) is 0 Å². The number of methoxy groups -OCH3 is 1. The second-order valence-corrected chi connectivity index (χ2v) is 6.44. The average Bonchev–Trinajstić information content (AvgIpc) is 2.64. The van der Waals surface area contributed by atoms with Gasteiger partial charge in [-0.25, -0.2) is 4.39 Å². The van der Waals surface area contributed by atoms with Gasteiger partial charge in [0, 0.05) is 50.5 Å². The molecule has 0 radical (unpaired) electrons. The molecule has 2 aromatic rings. The van der Waals surface area contributed by atoms with Crippen molar-refractivity contribution in [3.05, 3.63) is 59.9 Å². The Balaban J connectivity index is 1.45. The third kappa shape index (κ3) is 5.18. The van der Waals surface area contributed by atoms with Crippen LogP contribution in [0.1, 0.15) is 12.0 Å². The van der Waals surface area contributed by atoms with Gasteiger partial charge in [-0.3, -0.25) is 4.90 Å². The summed E-state index contributed by atoms with van der Waals surface area (Å²) in [4.78, 5) is 2.50. The molecule has 2 N–H and O–H groups in total. The standard InChI is InChI=1S/C20H26FN3O/c1-25-20-13-17(7-8-19(20)21)22-10-9-18-15-24(12-11-23-18)14-16-5-3-2-4-6-16/h2-8,13,18,22-23H,9-12,14-15H2,1H3. The van der Waals surface area contributed by atoms with Gasteiger partial charge in [-0.05, 0) is 24.1 Å². The molecule has 1 saturated heterocycles. The Morgan fingerprint density at radius 2 is 2.08 bits per heavy atom. The van der Waals surface area contributed by atoms with E-state index in [4.69, 9.17) is 4.74 Å². The lowest BCUT2D eigenvalue weighted by molar-refractivity contribution is 0.189. The summed E-state index contributed by atoms with van der Waals surface area (Å²) >= 11 is 0. The highest BCUT2D eigenvalue weighted by Gasteiger charge is 2.18. The molecular weight excluding hydrogens is 317 g/mol. The van der Waals surface area contributed by atoms with Crippen molar-refractivity contribution >= 4 is 5.69 Å². The van der Waals surface area contributed by atoms with Crippen LogP contribution in [0.5, 0.6) is 5.75 Å². The quantitative estimate of drug-likeness (QED) is 0.810. The molecule has 1 fully saturated rings. The zero-order valence-electron chi connectivity index (χ0n) is 14.7. The second kappa shape index (κ2) is 8.83. The van der Waals surface area contributed by atoms with Crippen LogP contribution < -0.4 is 15.4 Å². The number of nitrogens with one attached hydrogen (secondary N) is 2. The van der Waals surface area contributed by atoms with Crippen LogP contribution >= 0.6 is 0 Å². The summed E-state index contributed by atoms with van der Waals surface area (Å²) in [5, 5.41) is 6.94. The molecular formula is C20H26FN3O. The smallest absolute Gasteiger partial charge is 0.165 e. The van der Waals surface area contributed by atoms with Crippen molar-refractivity contribution in [1.82, 2.24) is 10.2 Å². The first-order valence-corrected chi connectivity index (χ1v) is 8.81. The third-order valence-electron chi connectivity index (χ3n) is 4.56. The van der Waals surface area contributed by atoms with E-state index >= 15 is 0 Å². The van der Waals surface area contributed by atoms with E-state index in [1.165, 1.54) is 18.7 Å². The highest BCUT2D eigenvalue weighted by molar-refractivity contribution is 5.48. The first-order chi connectivity index (χ1) is 12.2. The average molecular weight is 343 g/mol. The van der Waals surface area contributed by atoms with Crippen LogP contribution in [0.4, 0.5) is 10.1 Å². The topological polar surface area (TPSA) is 36.5 Å². The van der Waals surface area contributed by atoms with Crippen molar-refractivity contribution in [3.63, 3.8) is 0 Å². The van der Waals surface area contributed by atoms with E-state index in [-0.39, 0.29) is 11.6 Å². The molecule has 0 spiro atoms. The van der Waals surface area contributed by atoms with E-state index in [1.54, 1.807) is 12.1 Å². The maximum atomic E-state index is 13.4. The summed E-state index contributed by atoms with van der Waals surface area (Å²) in [5.41, 5.74) is 2.25. The molecule has 0 amide bonds. The van der Waals surface area contributed by atoms with Gasteiger partial charge in [-0.1, -0.05) is 30.3 Å². The summed E-state index contributed by atoms with van der Waals surface area (Å²) in [6.45, 7) is 4.98. The minimum absolute atomic E-state index is 0.273. The van der Waals surface area contributed by atoms with Crippen molar-refractivity contribution < 1.29 is 9.13 Å². The molecule has 4 nitrogen and oxygen atoms in total. The van der Waals surface area contributed by atoms with Crippen LogP contribution in [-0.2, 0) is 6.54 Å². The Hall–Kier alpha value is -2.11. The molecule has 0 aliphatic carbocycles. The zero-order valence-corrected chi connectivity index (χ0v) is 14.7. The zero-order chi connectivity index (χ0) is 17.5. The normalized spacial score (nSPS) is 18.1. The first-order valence-electron chi connectivity index (χ1n) is 8.81. The van der Waals surface area contributed by atoms with Crippen molar-refractivity contribution in [3.8, 4) is 5.75 Å². The molecule has 2 aromatic carbocycles. The highest BCUT2D eigenvalue weighted by Crippen LogP contribution is 2.21. The highest BCUT2D eigenvalue weighted by atomic mass is 19.1. The maximum Gasteiger partial charge on any atom is 0.165 e. The van der Waals surface area contributed by atoms with Crippen molar-refractivity contribution in [2.45, 2.75) is 19.0 Å². The Morgan fingerprint density at radius 1 is 1.24 bits per heavy atom. The Kier molecular flexibility index (Phi) is 6.25. The van der Waals surface area contributed by atoms with E-state index in [9.17, 15) is 4.39 Å². The number of halogens is 1. The predicted molar refractivity (Wildman–Crippen MR) is 99.6 cm³/mol. The summed E-state index contributed by atoms with van der Waals surface area (Å²) in [6, 6.07) is 15.9. The monoisotopic (exact) mass is 343 g/mol. The number of hydrogen-bond acceptors (Lipinski definition) is 4. The number of piperazine rings is 1. The fourth-order valence-corrected chi connectivity index (χ4v) is 3.23. The lowest BCUT2D eigenvalue weighted by Crippen LogP contribution is -2.50. The predicted octanol–water partition coefficient (Wildman–Crippen LogP) is 3.11. The van der Waals surface area contributed by atoms with E-state index in [2.05, 4.69) is 45.9 Å². The third-order valence-corrected chi connectivity index (χ3v) is 4.56. The van der Waals surface area contributed by atoms with Crippen LogP contribution in [0.25, 0.3) is 0 Å². The fraction of sp³-hybridized carbons (Fsp3) is 0.400. The summed E-state index contributed by atoms with van der Waals surface area (Å²) in [7, 11) is 1.48. The number of nitrogens with zero attached hydrogens (tertiary/aromatic N) is 1. The maximum absolute atomic E-state index is 13.4. The Labute approximate surface area is 149 Å². The lowest BCUT2D eigenvalue weighted by Gasteiger charge is -2.34. The van der Waals surface area contributed by atoms with Crippen molar-refractivity contribution in [1.29, 1.82) is 0 Å². The van der Waals surface area contributed by atoms with Crippen molar-refractivity contribution in [2.24, 2.45) is 0 Å². The Morgan fingerprint density at radius 3 is 2.88 bits per heavy atom. The minimum atomic E-state index is -0.335.